The molecule has 6 heteroatoms. The van der Waals surface area contributed by atoms with Gasteiger partial charge in [0.1, 0.15) is 5.52 Å². The van der Waals surface area contributed by atoms with Gasteiger partial charge in [-0.25, -0.2) is 18.7 Å². The Morgan fingerprint density at radius 2 is 1.95 bits per heavy atom. The second-order valence-electron chi connectivity index (χ2n) is 4.26. The van der Waals surface area contributed by atoms with Crippen molar-refractivity contribution in [2.24, 2.45) is 0 Å². The van der Waals surface area contributed by atoms with Crippen LogP contribution >= 0.6 is 0 Å². The van der Waals surface area contributed by atoms with E-state index in [2.05, 4.69) is 9.97 Å². The third-order valence-corrected chi connectivity index (χ3v) is 2.82. The highest BCUT2D eigenvalue weighted by molar-refractivity contribution is 5.77. The largest absolute Gasteiger partial charge is 0.369 e. The molecule has 0 radical (unpaired) electrons. The van der Waals surface area contributed by atoms with Crippen LogP contribution in [0.4, 0.5) is 14.7 Å². The molecular weight excluding hydrogens is 250 g/mol. The molecular formula is C13H10F2N4. The zero-order valence-electron chi connectivity index (χ0n) is 10.1. The summed E-state index contributed by atoms with van der Waals surface area (Å²) in [4.78, 5) is 8.40. The van der Waals surface area contributed by atoms with Crippen LogP contribution in [0.1, 0.15) is 5.56 Å². The summed E-state index contributed by atoms with van der Waals surface area (Å²) in [5.41, 5.74) is 8.27. The monoisotopic (exact) mass is 260 g/mol. The Bertz CT molecular complexity index is 780. The van der Waals surface area contributed by atoms with Gasteiger partial charge in [0, 0.05) is 12.3 Å². The number of nitrogen functional groups attached to an aromatic ring is 1. The van der Waals surface area contributed by atoms with Crippen LogP contribution in [0.15, 0.2) is 30.5 Å². The molecule has 2 aromatic heterocycles. The van der Waals surface area contributed by atoms with Gasteiger partial charge in [0.2, 0.25) is 5.95 Å². The minimum absolute atomic E-state index is 0.180. The first kappa shape index (κ1) is 11.6. The van der Waals surface area contributed by atoms with Gasteiger partial charge in [-0.3, -0.25) is 4.57 Å². The van der Waals surface area contributed by atoms with Crippen LogP contribution in [0.3, 0.4) is 0 Å². The van der Waals surface area contributed by atoms with E-state index in [0.29, 0.717) is 16.9 Å². The van der Waals surface area contributed by atoms with E-state index in [-0.39, 0.29) is 5.95 Å². The number of halogens is 2. The van der Waals surface area contributed by atoms with E-state index >= 15 is 0 Å². The normalized spacial score (nSPS) is 11.1. The van der Waals surface area contributed by atoms with Gasteiger partial charge in [0.05, 0.1) is 5.69 Å². The lowest BCUT2D eigenvalue weighted by Crippen LogP contribution is -2.02. The van der Waals surface area contributed by atoms with E-state index in [1.807, 2.05) is 13.0 Å². The van der Waals surface area contributed by atoms with E-state index in [9.17, 15) is 8.78 Å². The van der Waals surface area contributed by atoms with Crippen molar-refractivity contribution in [3.8, 4) is 5.69 Å². The number of benzene rings is 1. The van der Waals surface area contributed by atoms with Crippen molar-refractivity contribution in [3.63, 3.8) is 0 Å². The number of fused-ring (bicyclic) bond motifs is 1. The van der Waals surface area contributed by atoms with Crippen LogP contribution in [0.25, 0.3) is 16.9 Å². The Morgan fingerprint density at radius 1 is 1.16 bits per heavy atom. The number of hydrogen-bond donors (Lipinski definition) is 1. The van der Waals surface area contributed by atoms with Crippen LogP contribution in [0, 0.1) is 18.6 Å². The van der Waals surface area contributed by atoms with Crippen molar-refractivity contribution in [2.45, 2.75) is 6.92 Å². The summed E-state index contributed by atoms with van der Waals surface area (Å²) in [6.07, 6.45) is 1.67. The number of aryl methyl sites for hydroxylation is 1. The molecule has 0 saturated carbocycles. The van der Waals surface area contributed by atoms with Crippen molar-refractivity contribution >= 4 is 17.1 Å². The maximum atomic E-state index is 13.3. The predicted octanol–water partition coefficient (Wildman–Crippen LogP) is 2.59. The van der Waals surface area contributed by atoms with Gasteiger partial charge in [0.15, 0.2) is 17.3 Å². The fourth-order valence-corrected chi connectivity index (χ4v) is 1.96. The zero-order valence-corrected chi connectivity index (χ0v) is 10.1. The minimum Gasteiger partial charge on any atom is -0.369 e. The summed E-state index contributed by atoms with van der Waals surface area (Å²) in [5.74, 6) is -1.67. The summed E-state index contributed by atoms with van der Waals surface area (Å²) in [5, 5.41) is 0. The van der Waals surface area contributed by atoms with E-state index in [0.717, 1.165) is 17.7 Å². The lowest BCUT2D eigenvalue weighted by Gasteiger charge is -2.06. The van der Waals surface area contributed by atoms with E-state index < -0.39 is 11.6 Å². The molecule has 0 unspecified atom stereocenters. The van der Waals surface area contributed by atoms with Gasteiger partial charge in [-0.15, -0.1) is 0 Å². The number of aromatic nitrogens is 3. The van der Waals surface area contributed by atoms with Crippen molar-refractivity contribution in [2.75, 3.05) is 5.73 Å². The van der Waals surface area contributed by atoms with E-state index in [1.54, 1.807) is 6.20 Å². The van der Waals surface area contributed by atoms with Crippen LogP contribution in [-0.4, -0.2) is 14.5 Å². The molecule has 0 aliphatic heterocycles. The van der Waals surface area contributed by atoms with Gasteiger partial charge in [-0.1, -0.05) is 0 Å². The number of imidazole rings is 1. The molecule has 0 fully saturated rings. The van der Waals surface area contributed by atoms with E-state index in [4.69, 9.17) is 5.73 Å². The molecule has 0 aliphatic rings. The lowest BCUT2D eigenvalue weighted by atomic mass is 10.3. The SMILES string of the molecule is Cc1cnc2c(c1)nc(N)n2-c1ccc(F)c(F)c1. The summed E-state index contributed by atoms with van der Waals surface area (Å²) in [6, 6.07) is 5.37. The first-order valence-corrected chi connectivity index (χ1v) is 5.62. The Hall–Kier alpha value is -2.50. The fraction of sp³-hybridized carbons (Fsp3) is 0.0769. The Kier molecular flexibility index (Phi) is 2.45. The third-order valence-electron chi connectivity index (χ3n) is 2.82. The number of pyridine rings is 1. The zero-order chi connectivity index (χ0) is 13.6. The van der Waals surface area contributed by atoms with E-state index in [1.165, 1.54) is 10.6 Å². The summed E-state index contributed by atoms with van der Waals surface area (Å²) in [6.45, 7) is 1.89. The predicted molar refractivity (Wildman–Crippen MR) is 67.9 cm³/mol. The van der Waals surface area contributed by atoms with Gasteiger partial charge >= 0.3 is 0 Å². The fourth-order valence-electron chi connectivity index (χ4n) is 1.96. The lowest BCUT2D eigenvalue weighted by molar-refractivity contribution is 0.508. The van der Waals surface area contributed by atoms with Crippen molar-refractivity contribution in [1.29, 1.82) is 0 Å². The molecule has 19 heavy (non-hydrogen) atoms. The molecule has 2 N–H and O–H groups in total. The minimum atomic E-state index is -0.939. The van der Waals surface area contributed by atoms with Crippen LogP contribution in [0.2, 0.25) is 0 Å². The summed E-state index contributed by atoms with van der Waals surface area (Å²) >= 11 is 0. The first-order chi connectivity index (χ1) is 9.06. The quantitative estimate of drug-likeness (QED) is 0.731. The maximum absolute atomic E-state index is 13.3. The summed E-state index contributed by atoms with van der Waals surface area (Å²) < 4.78 is 27.7. The molecule has 0 spiro atoms. The molecule has 2 heterocycles. The maximum Gasteiger partial charge on any atom is 0.207 e. The Morgan fingerprint density at radius 3 is 2.68 bits per heavy atom. The smallest absolute Gasteiger partial charge is 0.207 e. The first-order valence-electron chi connectivity index (χ1n) is 5.62. The van der Waals surface area contributed by atoms with Crippen molar-refractivity contribution < 1.29 is 8.78 Å². The molecule has 0 bridgehead atoms. The standard InChI is InChI=1S/C13H10F2N4/c1-7-4-11-12(17-6-7)19(13(16)18-11)8-2-3-9(14)10(15)5-8/h2-6H,1H3,(H2,16,18). The number of rotatable bonds is 1. The third kappa shape index (κ3) is 1.81. The number of nitrogens with zero attached hydrogens (tertiary/aromatic N) is 3. The second-order valence-corrected chi connectivity index (χ2v) is 4.26. The molecule has 3 aromatic rings. The molecule has 1 aromatic carbocycles. The number of hydrogen-bond acceptors (Lipinski definition) is 3. The molecule has 0 aliphatic carbocycles. The highest BCUT2D eigenvalue weighted by atomic mass is 19.2. The Balaban J connectivity index is 2.29. The molecule has 0 amide bonds. The Labute approximate surface area is 107 Å². The average Bonchev–Trinajstić information content (AvgIpc) is 2.68. The van der Waals surface area contributed by atoms with Gasteiger partial charge in [-0.05, 0) is 30.7 Å². The number of nitrogens with two attached hydrogens (primary N) is 1. The van der Waals surface area contributed by atoms with Gasteiger partial charge in [0.25, 0.3) is 0 Å². The highest BCUT2D eigenvalue weighted by Gasteiger charge is 2.13. The molecule has 0 saturated heterocycles. The second kappa shape index (κ2) is 4.01. The highest BCUT2D eigenvalue weighted by Crippen LogP contribution is 2.23. The van der Waals surface area contributed by atoms with Crippen LogP contribution in [0.5, 0.6) is 0 Å². The van der Waals surface area contributed by atoms with Gasteiger partial charge < -0.3 is 5.73 Å². The van der Waals surface area contributed by atoms with Crippen molar-refractivity contribution in [1.82, 2.24) is 14.5 Å². The van der Waals surface area contributed by atoms with Crippen LogP contribution in [-0.2, 0) is 0 Å². The number of anilines is 1. The average molecular weight is 260 g/mol. The molecule has 0 atom stereocenters. The topological polar surface area (TPSA) is 56.7 Å². The molecule has 3 rings (SSSR count). The summed E-state index contributed by atoms with van der Waals surface area (Å²) in [7, 11) is 0. The van der Waals surface area contributed by atoms with Gasteiger partial charge in [-0.2, -0.15) is 0 Å². The molecule has 96 valence electrons. The molecule has 4 nitrogen and oxygen atoms in total. The van der Waals surface area contributed by atoms with Crippen LogP contribution < -0.4 is 5.73 Å². The van der Waals surface area contributed by atoms with Crippen molar-refractivity contribution in [3.05, 3.63) is 47.7 Å².